The van der Waals surface area contributed by atoms with Gasteiger partial charge in [0.15, 0.2) is 0 Å². The Morgan fingerprint density at radius 1 is 1.25 bits per heavy atom. The van der Waals surface area contributed by atoms with Gasteiger partial charge in [0.2, 0.25) is 5.91 Å². The molecule has 1 heterocycles. The van der Waals surface area contributed by atoms with E-state index in [-0.39, 0.29) is 11.8 Å². The van der Waals surface area contributed by atoms with Crippen LogP contribution in [0.15, 0.2) is 47.4 Å². The molecule has 0 saturated carbocycles. The van der Waals surface area contributed by atoms with E-state index >= 15 is 0 Å². The first-order valence-corrected chi connectivity index (χ1v) is 8.56. The van der Waals surface area contributed by atoms with Crippen molar-refractivity contribution in [2.45, 2.75) is 18.0 Å². The van der Waals surface area contributed by atoms with Gasteiger partial charge >= 0.3 is 0 Å². The smallest absolute Gasteiger partial charge is 0.251 e. The first-order valence-electron chi connectivity index (χ1n) is 7.58. The Hall–Kier alpha value is -2.31. The van der Waals surface area contributed by atoms with Crippen molar-refractivity contribution in [2.75, 3.05) is 18.2 Å². The molecule has 0 unspecified atom stereocenters. The number of rotatable bonds is 5. The monoisotopic (exact) mass is 342 g/mol. The number of carbonyl (C=O) groups is 2. The number of anilines is 1. The van der Waals surface area contributed by atoms with E-state index in [9.17, 15) is 9.59 Å². The number of nitrogens with one attached hydrogen (secondary N) is 2. The van der Waals surface area contributed by atoms with Crippen molar-refractivity contribution in [3.05, 3.63) is 59.2 Å². The molecule has 6 heteroatoms. The first-order chi connectivity index (χ1) is 11.7. The summed E-state index contributed by atoms with van der Waals surface area (Å²) in [5.74, 6) is 0.197. The maximum Gasteiger partial charge on any atom is 0.251 e. The lowest BCUT2D eigenvalue weighted by Gasteiger charge is -2.17. The molecule has 2 N–H and O–H groups in total. The normalized spacial score (nSPS) is 13.1. The fourth-order valence-electron chi connectivity index (χ4n) is 2.53. The van der Waals surface area contributed by atoms with Crippen molar-refractivity contribution < 1.29 is 14.3 Å². The predicted molar refractivity (Wildman–Crippen MR) is 94.1 cm³/mol. The van der Waals surface area contributed by atoms with E-state index in [1.54, 1.807) is 19.2 Å². The molecule has 5 nitrogen and oxygen atoms in total. The van der Waals surface area contributed by atoms with Crippen LogP contribution < -0.4 is 10.6 Å². The Balaban J connectivity index is 1.70. The highest BCUT2D eigenvalue weighted by Crippen LogP contribution is 2.31. The Kier molecular flexibility index (Phi) is 5.17. The second-order valence-electron chi connectivity index (χ2n) is 5.43. The molecule has 0 fully saturated rings. The van der Waals surface area contributed by atoms with Gasteiger partial charge in [0, 0.05) is 24.1 Å². The van der Waals surface area contributed by atoms with Crippen LogP contribution in [0.25, 0.3) is 0 Å². The van der Waals surface area contributed by atoms with E-state index in [0.717, 1.165) is 16.0 Å². The van der Waals surface area contributed by atoms with Gasteiger partial charge in [0.1, 0.15) is 0 Å². The second kappa shape index (κ2) is 7.51. The molecule has 2 aromatic rings. The minimum atomic E-state index is -0.171. The number of benzene rings is 2. The number of hydrogen-bond donors (Lipinski definition) is 2. The summed E-state index contributed by atoms with van der Waals surface area (Å²) in [5.41, 5.74) is 3.30. The molecule has 0 aromatic heterocycles. The van der Waals surface area contributed by atoms with Crippen LogP contribution in [0.3, 0.4) is 0 Å². The zero-order valence-electron chi connectivity index (χ0n) is 13.3. The minimum absolute atomic E-state index is 0.0430. The maximum absolute atomic E-state index is 12.4. The average molecular weight is 342 g/mol. The van der Waals surface area contributed by atoms with Crippen LogP contribution >= 0.6 is 11.8 Å². The van der Waals surface area contributed by atoms with E-state index < -0.39 is 0 Å². The third-order valence-corrected chi connectivity index (χ3v) is 4.81. The molecule has 3 rings (SSSR count). The van der Waals surface area contributed by atoms with Crippen molar-refractivity contribution in [3.8, 4) is 0 Å². The van der Waals surface area contributed by atoms with Crippen LogP contribution in [-0.2, 0) is 22.7 Å². The van der Waals surface area contributed by atoms with Gasteiger partial charge in [-0.25, -0.2) is 0 Å². The SMILES string of the molecule is COCc1ccccc1CNC(=O)c1ccc2c(c1)NC(=O)CS2. The second-order valence-corrected chi connectivity index (χ2v) is 6.45. The Morgan fingerprint density at radius 3 is 2.83 bits per heavy atom. The van der Waals surface area contributed by atoms with Gasteiger partial charge in [-0.05, 0) is 29.3 Å². The number of fused-ring (bicyclic) bond motifs is 1. The minimum Gasteiger partial charge on any atom is -0.380 e. The highest BCUT2D eigenvalue weighted by molar-refractivity contribution is 8.00. The number of thioether (sulfide) groups is 1. The van der Waals surface area contributed by atoms with Crippen LogP contribution in [0.2, 0.25) is 0 Å². The van der Waals surface area contributed by atoms with Crippen LogP contribution in [0.5, 0.6) is 0 Å². The van der Waals surface area contributed by atoms with E-state index in [4.69, 9.17) is 4.74 Å². The molecule has 2 amide bonds. The molecule has 0 radical (unpaired) electrons. The van der Waals surface area contributed by atoms with E-state index in [1.165, 1.54) is 11.8 Å². The van der Waals surface area contributed by atoms with Crippen molar-refractivity contribution >= 4 is 29.3 Å². The highest BCUT2D eigenvalue weighted by Gasteiger charge is 2.17. The van der Waals surface area contributed by atoms with E-state index in [1.807, 2.05) is 30.3 Å². The third-order valence-electron chi connectivity index (χ3n) is 3.73. The van der Waals surface area contributed by atoms with E-state index in [2.05, 4.69) is 10.6 Å². The molecule has 1 aliphatic heterocycles. The Morgan fingerprint density at radius 2 is 2.04 bits per heavy atom. The standard InChI is InChI=1S/C18H18N2O3S/c1-23-10-14-5-3-2-4-13(14)9-19-18(22)12-6-7-16-15(8-12)20-17(21)11-24-16/h2-8H,9-11H2,1H3,(H,19,22)(H,20,21). The van der Waals surface area contributed by atoms with Gasteiger partial charge in [-0.15, -0.1) is 11.8 Å². The lowest BCUT2D eigenvalue weighted by atomic mass is 10.1. The summed E-state index contributed by atoms with van der Waals surface area (Å²) in [6, 6.07) is 13.2. The van der Waals surface area contributed by atoms with Gasteiger partial charge < -0.3 is 15.4 Å². The van der Waals surface area contributed by atoms with Crippen LogP contribution in [0.1, 0.15) is 21.5 Å². The molecule has 0 spiro atoms. The molecule has 0 aliphatic carbocycles. The highest BCUT2D eigenvalue weighted by atomic mass is 32.2. The van der Waals surface area contributed by atoms with Crippen LogP contribution in [0, 0.1) is 0 Å². The summed E-state index contributed by atoms with van der Waals surface area (Å²) in [7, 11) is 1.65. The lowest BCUT2D eigenvalue weighted by Crippen LogP contribution is -2.24. The zero-order chi connectivity index (χ0) is 16.9. The number of ether oxygens (including phenoxy) is 1. The number of amides is 2. The Bertz CT molecular complexity index is 777. The summed E-state index contributed by atoms with van der Waals surface area (Å²) < 4.78 is 5.18. The third kappa shape index (κ3) is 3.77. The van der Waals surface area contributed by atoms with Crippen LogP contribution in [0.4, 0.5) is 5.69 Å². The lowest BCUT2D eigenvalue weighted by molar-refractivity contribution is -0.113. The summed E-state index contributed by atoms with van der Waals surface area (Å²) in [6.45, 7) is 0.935. The van der Waals surface area contributed by atoms with Gasteiger partial charge in [-0.1, -0.05) is 24.3 Å². The Labute approximate surface area is 144 Å². The summed E-state index contributed by atoms with van der Waals surface area (Å²) >= 11 is 1.48. The number of methoxy groups -OCH3 is 1. The van der Waals surface area contributed by atoms with Crippen molar-refractivity contribution in [1.82, 2.24) is 5.32 Å². The zero-order valence-corrected chi connectivity index (χ0v) is 14.1. The average Bonchev–Trinajstić information content (AvgIpc) is 2.60. The van der Waals surface area contributed by atoms with Crippen molar-refractivity contribution in [2.24, 2.45) is 0 Å². The molecule has 0 bridgehead atoms. The van der Waals surface area contributed by atoms with E-state index in [0.29, 0.717) is 30.2 Å². The first kappa shape index (κ1) is 16.5. The largest absolute Gasteiger partial charge is 0.380 e. The number of hydrogen-bond acceptors (Lipinski definition) is 4. The number of carbonyl (C=O) groups excluding carboxylic acids is 2. The summed E-state index contributed by atoms with van der Waals surface area (Å²) in [4.78, 5) is 24.8. The maximum atomic E-state index is 12.4. The van der Waals surface area contributed by atoms with Crippen molar-refractivity contribution in [3.63, 3.8) is 0 Å². The summed E-state index contributed by atoms with van der Waals surface area (Å²) in [5, 5.41) is 5.72. The molecule has 2 aromatic carbocycles. The molecule has 124 valence electrons. The van der Waals surface area contributed by atoms with Crippen LogP contribution in [-0.4, -0.2) is 24.7 Å². The molecular formula is C18H18N2O3S. The quantitative estimate of drug-likeness (QED) is 0.877. The van der Waals surface area contributed by atoms with Gasteiger partial charge in [-0.3, -0.25) is 9.59 Å². The molecule has 0 atom stereocenters. The predicted octanol–water partition coefficient (Wildman–Crippen LogP) is 2.81. The van der Waals surface area contributed by atoms with Gasteiger partial charge in [0.05, 0.1) is 18.0 Å². The fourth-order valence-corrected chi connectivity index (χ4v) is 3.32. The molecule has 1 aliphatic rings. The van der Waals surface area contributed by atoms with Gasteiger partial charge in [-0.2, -0.15) is 0 Å². The molecule has 24 heavy (non-hydrogen) atoms. The molecule has 0 saturated heterocycles. The fraction of sp³-hybridized carbons (Fsp3) is 0.222. The molecular weight excluding hydrogens is 324 g/mol. The summed E-state index contributed by atoms with van der Waals surface area (Å²) in [6.07, 6.45) is 0. The van der Waals surface area contributed by atoms with Gasteiger partial charge in [0.25, 0.3) is 5.91 Å². The topological polar surface area (TPSA) is 67.4 Å². The van der Waals surface area contributed by atoms with Crippen molar-refractivity contribution in [1.29, 1.82) is 0 Å².